The van der Waals surface area contributed by atoms with Crippen molar-refractivity contribution in [2.24, 2.45) is 0 Å². The van der Waals surface area contributed by atoms with Crippen molar-refractivity contribution in [3.63, 3.8) is 0 Å². The molecular formula is C19H13NO2S. The number of benzene rings is 2. The summed E-state index contributed by atoms with van der Waals surface area (Å²) in [6, 6.07) is 19.2. The molecule has 0 N–H and O–H groups in total. The maximum absolute atomic E-state index is 10.7. The Morgan fingerprint density at radius 3 is 2.48 bits per heavy atom. The van der Waals surface area contributed by atoms with Crippen molar-refractivity contribution in [3.05, 3.63) is 76.7 Å². The van der Waals surface area contributed by atoms with E-state index in [2.05, 4.69) is 6.07 Å². The third-order valence-electron chi connectivity index (χ3n) is 3.44. The minimum Gasteiger partial charge on any atom is -0.478 e. The topological polar surface area (TPSA) is 50.1 Å². The van der Waals surface area contributed by atoms with Gasteiger partial charge in [0.2, 0.25) is 0 Å². The van der Waals surface area contributed by atoms with Crippen molar-refractivity contribution in [1.82, 2.24) is 0 Å². The first-order valence-electron chi connectivity index (χ1n) is 7.05. The number of carbonyl (C=O) groups is 1. The summed E-state index contributed by atoms with van der Waals surface area (Å²) >= 11 is 1.42. The van der Waals surface area contributed by atoms with Gasteiger partial charge in [-0.25, -0.2) is 0 Å². The quantitative estimate of drug-likeness (QED) is 0.642. The molecule has 0 bridgehead atoms. The molecule has 0 unspecified atom stereocenters. The highest BCUT2D eigenvalue weighted by molar-refractivity contribution is 7.12. The largest absolute Gasteiger partial charge is 0.478 e. The van der Waals surface area contributed by atoms with Crippen LogP contribution in [0.1, 0.15) is 21.5 Å². The third kappa shape index (κ3) is 3.31. The molecule has 0 aliphatic rings. The summed E-state index contributed by atoms with van der Waals surface area (Å²) in [6.07, 6.45) is 0.809. The molecule has 112 valence electrons. The van der Waals surface area contributed by atoms with Gasteiger partial charge in [-0.15, -0.1) is 11.3 Å². The Morgan fingerprint density at radius 1 is 1.09 bits per heavy atom. The highest BCUT2D eigenvalue weighted by atomic mass is 32.1. The molecule has 0 aliphatic carbocycles. The van der Waals surface area contributed by atoms with Gasteiger partial charge in [0.05, 0.1) is 0 Å². The van der Waals surface area contributed by atoms with Crippen LogP contribution in [0.5, 0.6) is 5.06 Å². The van der Waals surface area contributed by atoms with E-state index in [0.717, 1.165) is 23.0 Å². The number of aldehydes is 1. The molecule has 2 aromatic carbocycles. The van der Waals surface area contributed by atoms with Gasteiger partial charge in [-0.1, -0.05) is 54.6 Å². The summed E-state index contributed by atoms with van der Waals surface area (Å²) in [4.78, 5) is 10.7. The number of thiophene rings is 1. The lowest BCUT2D eigenvalue weighted by Crippen LogP contribution is -1.95. The minimum absolute atomic E-state index is 0.364. The second kappa shape index (κ2) is 6.91. The van der Waals surface area contributed by atoms with Gasteiger partial charge in [0.15, 0.2) is 5.06 Å². The zero-order chi connectivity index (χ0) is 16.1. The number of carbonyl (C=O) groups excluding carboxylic acids is 1. The number of hydrogen-bond acceptors (Lipinski definition) is 4. The van der Waals surface area contributed by atoms with Crippen LogP contribution in [0.3, 0.4) is 0 Å². The summed E-state index contributed by atoms with van der Waals surface area (Å²) < 4.78 is 5.80. The lowest BCUT2D eigenvalue weighted by Gasteiger charge is -2.05. The number of hydrogen-bond donors (Lipinski definition) is 0. The number of nitrogens with zero attached hydrogens (tertiary/aromatic N) is 1. The van der Waals surface area contributed by atoms with Gasteiger partial charge in [-0.2, -0.15) is 5.26 Å². The Morgan fingerprint density at radius 2 is 1.83 bits per heavy atom. The van der Waals surface area contributed by atoms with E-state index in [1.165, 1.54) is 11.3 Å². The second-order valence-electron chi connectivity index (χ2n) is 4.94. The summed E-state index contributed by atoms with van der Waals surface area (Å²) in [7, 11) is 0. The van der Waals surface area contributed by atoms with E-state index in [1.54, 1.807) is 12.1 Å². The van der Waals surface area contributed by atoms with E-state index in [0.29, 0.717) is 22.8 Å². The van der Waals surface area contributed by atoms with E-state index in [1.807, 2.05) is 47.8 Å². The van der Waals surface area contributed by atoms with Gasteiger partial charge < -0.3 is 4.74 Å². The Balaban J connectivity index is 1.79. The van der Waals surface area contributed by atoms with Crippen molar-refractivity contribution in [1.29, 1.82) is 5.26 Å². The van der Waals surface area contributed by atoms with Crippen LogP contribution in [0, 0.1) is 11.3 Å². The molecule has 0 saturated carbocycles. The average molecular weight is 319 g/mol. The first-order chi connectivity index (χ1) is 11.3. The van der Waals surface area contributed by atoms with Crippen LogP contribution >= 0.6 is 11.3 Å². The molecule has 0 amide bonds. The highest BCUT2D eigenvalue weighted by Crippen LogP contribution is 2.37. The first-order valence-corrected chi connectivity index (χ1v) is 7.93. The normalized spacial score (nSPS) is 10.0. The predicted molar refractivity (Wildman–Crippen MR) is 90.6 cm³/mol. The smallest absolute Gasteiger partial charge is 0.192 e. The van der Waals surface area contributed by atoms with Gasteiger partial charge in [0.25, 0.3) is 0 Å². The van der Waals surface area contributed by atoms with Gasteiger partial charge in [-0.3, -0.25) is 4.79 Å². The second-order valence-corrected chi connectivity index (χ2v) is 5.78. The SMILES string of the molecule is N#Cc1c(-c2ccccc2)csc1OCc1ccc(C=O)cc1. The molecular weight excluding hydrogens is 306 g/mol. The Bertz CT molecular complexity index is 845. The summed E-state index contributed by atoms with van der Waals surface area (Å²) in [5.74, 6) is 0. The van der Waals surface area contributed by atoms with Crippen molar-refractivity contribution in [2.75, 3.05) is 0 Å². The van der Waals surface area contributed by atoms with Crippen LogP contribution in [0.25, 0.3) is 11.1 Å². The van der Waals surface area contributed by atoms with E-state index in [9.17, 15) is 10.1 Å². The molecule has 0 fully saturated rings. The van der Waals surface area contributed by atoms with Crippen LogP contribution < -0.4 is 4.74 Å². The summed E-state index contributed by atoms with van der Waals surface area (Å²) in [5, 5.41) is 12.0. The molecule has 0 saturated heterocycles. The van der Waals surface area contributed by atoms with Crippen LogP contribution in [-0.2, 0) is 6.61 Å². The molecule has 1 aromatic heterocycles. The molecule has 4 heteroatoms. The number of ether oxygens (including phenoxy) is 1. The van der Waals surface area contributed by atoms with E-state index < -0.39 is 0 Å². The monoisotopic (exact) mass is 319 g/mol. The molecule has 3 nitrogen and oxygen atoms in total. The Kier molecular flexibility index (Phi) is 4.51. The minimum atomic E-state index is 0.364. The lowest BCUT2D eigenvalue weighted by atomic mass is 10.1. The van der Waals surface area contributed by atoms with Crippen LogP contribution in [0.4, 0.5) is 0 Å². The Labute approximate surface area is 138 Å². The van der Waals surface area contributed by atoms with Crippen molar-refractivity contribution < 1.29 is 9.53 Å². The fourth-order valence-electron chi connectivity index (χ4n) is 2.22. The van der Waals surface area contributed by atoms with Crippen molar-refractivity contribution in [2.45, 2.75) is 6.61 Å². The maximum Gasteiger partial charge on any atom is 0.192 e. The van der Waals surface area contributed by atoms with Crippen molar-refractivity contribution >= 4 is 17.6 Å². The van der Waals surface area contributed by atoms with Gasteiger partial charge in [-0.05, 0) is 11.1 Å². The maximum atomic E-state index is 10.7. The standard InChI is InChI=1S/C19H13NO2S/c20-10-17-18(16-4-2-1-3-5-16)13-23-19(17)22-12-15-8-6-14(11-21)7-9-15/h1-9,11,13H,12H2. The molecule has 0 atom stereocenters. The number of rotatable bonds is 5. The lowest BCUT2D eigenvalue weighted by molar-refractivity contribution is 0.112. The first kappa shape index (κ1) is 15.0. The zero-order valence-electron chi connectivity index (χ0n) is 12.2. The molecule has 1 heterocycles. The zero-order valence-corrected chi connectivity index (χ0v) is 13.0. The molecule has 23 heavy (non-hydrogen) atoms. The van der Waals surface area contributed by atoms with Gasteiger partial charge in [0.1, 0.15) is 24.5 Å². The molecule has 3 aromatic rings. The van der Waals surface area contributed by atoms with Crippen LogP contribution in [0.15, 0.2) is 60.0 Å². The predicted octanol–water partition coefficient (Wildman–Crippen LogP) is 4.68. The van der Waals surface area contributed by atoms with Crippen LogP contribution in [0.2, 0.25) is 0 Å². The summed E-state index contributed by atoms with van der Waals surface area (Å²) in [5.41, 5.74) is 4.05. The number of nitriles is 1. The highest BCUT2D eigenvalue weighted by Gasteiger charge is 2.14. The summed E-state index contributed by atoms with van der Waals surface area (Å²) in [6.45, 7) is 0.364. The van der Waals surface area contributed by atoms with E-state index in [4.69, 9.17) is 4.74 Å². The van der Waals surface area contributed by atoms with Gasteiger partial charge in [0, 0.05) is 16.5 Å². The Hall–Kier alpha value is -2.90. The average Bonchev–Trinajstić information content (AvgIpc) is 3.04. The van der Waals surface area contributed by atoms with Crippen molar-refractivity contribution in [3.8, 4) is 22.3 Å². The van der Waals surface area contributed by atoms with Crippen LogP contribution in [-0.4, -0.2) is 6.29 Å². The molecule has 0 aliphatic heterocycles. The molecule has 3 rings (SSSR count). The van der Waals surface area contributed by atoms with E-state index >= 15 is 0 Å². The third-order valence-corrected chi connectivity index (χ3v) is 4.33. The molecule has 0 spiro atoms. The fourth-order valence-corrected chi connectivity index (χ4v) is 3.10. The fraction of sp³-hybridized carbons (Fsp3) is 0.0526. The van der Waals surface area contributed by atoms with Gasteiger partial charge >= 0.3 is 0 Å². The molecule has 0 radical (unpaired) electrons. The van der Waals surface area contributed by atoms with E-state index in [-0.39, 0.29) is 0 Å².